The lowest BCUT2D eigenvalue weighted by molar-refractivity contribution is 0.370. The van der Waals surface area contributed by atoms with Crippen molar-refractivity contribution in [3.8, 4) is 22.8 Å². The summed E-state index contributed by atoms with van der Waals surface area (Å²) in [5, 5.41) is 3.88. The van der Waals surface area contributed by atoms with E-state index in [9.17, 15) is 8.42 Å². The van der Waals surface area contributed by atoms with Crippen LogP contribution in [0.1, 0.15) is 0 Å². The van der Waals surface area contributed by atoms with E-state index in [1.807, 2.05) is 17.5 Å². The monoisotopic (exact) mass is 513 g/mol. The van der Waals surface area contributed by atoms with Gasteiger partial charge in [-0.2, -0.15) is 4.31 Å². The molecule has 7 nitrogen and oxygen atoms in total. The molecule has 11 heteroatoms. The minimum absolute atomic E-state index is 0.128. The Hall–Kier alpha value is -2.04. The Balaban J connectivity index is 1.48. The fraction of sp³-hybridized carbons (Fsp3) is 0.286. The molecule has 1 fully saturated rings. The van der Waals surface area contributed by atoms with Gasteiger partial charge in [0.25, 0.3) is 0 Å². The number of piperazine rings is 1. The number of hydrogen-bond donors (Lipinski definition) is 0. The van der Waals surface area contributed by atoms with Crippen LogP contribution in [0.25, 0.3) is 11.3 Å². The summed E-state index contributed by atoms with van der Waals surface area (Å²) >= 11 is 13.7. The van der Waals surface area contributed by atoms with Crippen LogP contribution in [0.3, 0.4) is 0 Å². The van der Waals surface area contributed by atoms with Crippen molar-refractivity contribution in [3.05, 3.63) is 51.8 Å². The summed E-state index contributed by atoms with van der Waals surface area (Å²) in [6.07, 6.45) is 0. The van der Waals surface area contributed by atoms with Crippen LogP contribution in [-0.2, 0) is 10.0 Å². The first kappa shape index (κ1) is 23.1. The van der Waals surface area contributed by atoms with E-state index in [2.05, 4.69) is 4.90 Å². The quantitative estimate of drug-likeness (QED) is 0.477. The Kier molecular flexibility index (Phi) is 6.83. The normalized spacial score (nSPS) is 15.1. The topological polar surface area (TPSA) is 72.0 Å². The fourth-order valence-corrected chi connectivity index (χ4v) is 6.46. The lowest BCUT2D eigenvalue weighted by atomic mass is 10.2. The third-order valence-corrected chi connectivity index (χ3v) is 8.42. The van der Waals surface area contributed by atoms with Crippen LogP contribution < -0.4 is 14.4 Å². The number of aromatic nitrogens is 1. The SMILES string of the molecule is COc1ccc(S(=O)(=O)N2CCN(c3nc(-c4cc(Cl)cc(Cl)c4)cs3)CC2)c(OC)c1. The number of benzene rings is 2. The Labute approximate surface area is 201 Å². The Morgan fingerprint density at radius 2 is 1.66 bits per heavy atom. The van der Waals surface area contributed by atoms with Crippen molar-refractivity contribution >= 4 is 49.7 Å². The number of nitrogens with zero attached hydrogens (tertiary/aromatic N) is 3. The number of thiazole rings is 1. The Morgan fingerprint density at radius 3 is 2.28 bits per heavy atom. The van der Waals surface area contributed by atoms with Crippen LogP contribution in [0.15, 0.2) is 46.7 Å². The van der Waals surface area contributed by atoms with Crippen molar-refractivity contribution in [2.75, 3.05) is 45.3 Å². The summed E-state index contributed by atoms with van der Waals surface area (Å²) in [7, 11) is -0.739. The van der Waals surface area contributed by atoms with Gasteiger partial charge < -0.3 is 14.4 Å². The number of sulfonamides is 1. The first-order chi connectivity index (χ1) is 15.3. The first-order valence-electron chi connectivity index (χ1n) is 9.71. The molecular weight excluding hydrogens is 493 g/mol. The largest absolute Gasteiger partial charge is 0.497 e. The zero-order valence-electron chi connectivity index (χ0n) is 17.4. The van der Waals surface area contributed by atoms with Gasteiger partial charge >= 0.3 is 0 Å². The average molecular weight is 514 g/mol. The lowest BCUT2D eigenvalue weighted by Crippen LogP contribution is -2.48. The van der Waals surface area contributed by atoms with E-state index in [0.717, 1.165) is 16.4 Å². The standard InChI is InChI=1S/C21H21Cl2N3O4S2/c1-29-17-3-4-20(19(12-17)30-2)32(27,28)26-7-5-25(6-8-26)21-24-18(13-31-21)14-9-15(22)11-16(23)10-14/h3-4,9-13H,5-8H2,1-2H3. The van der Waals surface area contributed by atoms with Crippen LogP contribution in [0.5, 0.6) is 11.5 Å². The van der Waals surface area contributed by atoms with Crippen LogP contribution in [0.4, 0.5) is 5.13 Å². The zero-order chi connectivity index (χ0) is 22.9. The summed E-state index contributed by atoms with van der Waals surface area (Å²) in [6.45, 7) is 1.74. The Morgan fingerprint density at radius 1 is 0.969 bits per heavy atom. The highest BCUT2D eigenvalue weighted by atomic mass is 35.5. The molecule has 0 unspecified atom stereocenters. The number of anilines is 1. The number of hydrogen-bond acceptors (Lipinski definition) is 7. The molecular formula is C21H21Cl2N3O4S2. The minimum Gasteiger partial charge on any atom is -0.497 e. The molecule has 32 heavy (non-hydrogen) atoms. The van der Waals surface area contributed by atoms with E-state index in [4.69, 9.17) is 37.7 Å². The van der Waals surface area contributed by atoms with Gasteiger partial charge in [-0.25, -0.2) is 13.4 Å². The van der Waals surface area contributed by atoms with Gasteiger partial charge in [0.1, 0.15) is 16.4 Å². The predicted octanol–water partition coefficient (Wildman–Crippen LogP) is 4.65. The first-order valence-corrected chi connectivity index (χ1v) is 12.8. The molecule has 4 rings (SSSR count). The molecule has 1 saturated heterocycles. The smallest absolute Gasteiger partial charge is 0.246 e. The van der Waals surface area contributed by atoms with E-state index < -0.39 is 10.0 Å². The van der Waals surface area contributed by atoms with Gasteiger partial charge in [-0.1, -0.05) is 23.2 Å². The van der Waals surface area contributed by atoms with E-state index >= 15 is 0 Å². The van der Waals surface area contributed by atoms with Gasteiger partial charge in [0.2, 0.25) is 10.0 Å². The van der Waals surface area contributed by atoms with Crippen molar-refractivity contribution in [1.82, 2.24) is 9.29 Å². The number of rotatable bonds is 6. The molecule has 0 atom stereocenters. The van der Waals surface area contributed by atoms with Crippen LogP contribution in [-0.4, -0.2) is 58.1 Å². The van der Waals surface area contributed by atoms with Gasteiger partial charge in [-0.3, -0.25) is 0 Å². The highest BCUT2D eigenvalue weighted by molar-refractivity contribution is 7.89. The predicted molar refractivity (Wildman–Crippen MR) is 128 cm³/mol. The van der Waals surface area contributed by atoms with Crippen molar-refractivity contribution in [1.29, 1.82) is 0 Å². The van der Waals surface area contributed by atoms with Gasteiger partial charge in [0.05, 0.1) is 19.9 Å². The van der Waals surface area contributed by atoms with Crippen LogP contribution >= 0.6 is 34.5 Å². The average Bonchev–Trinajstić information content (AvgIpc) is 3.28. The maximum Gasteiger partial charge on any atom is 0.246 e. The van der Waals surface area contributed by atoms with Crippen molar-refractivity contribution < 1.29 is 17.9 Å². The summed E-state index contributed by atoms with van der Waals surface area (Å²) in [5.41, 5.74) is 1.63. The highest BCUT2D eigenvalue weighted by Crippen LogP contribution is 2.33. The molecule has 1 aliphatic rings. The zero-order valence-corrected chi connectivity index (χ0v) is 20.6. The van der Waals surface area contributed by atoms with Gasteiger partial charge in [0.15, 0.2) is 5.13 Å². The third kappa shape index (κ3) is 4.67. The number of methoxy groups -OCH3 is 2. The molecule has 0 saturated carbocycles. The summed E-state index contributed by atoms with van der Waals surface area (Å²) in [4.78, 5) is 6.91. The summed E-state index contributed by atoms with van der Waals surface area (Å²) < 4.78 is 38.4. The molecule has 0 aliphatic carbocycles. The lowest BCUT2D eigenvalue weighted by Gasteiger charge is -2.34. The fourth-order valence-electron chi connectivity index (χ4n) is 3.49. The molecule has 0 radical (unpaired) electrons. The maximum absolute atomic E-state index is 13.2. The van der Waals surface area contributed by atoms with E-state index in [0.29, 0.717) is 42.0 Å². The van der Waals surface area contributed by atoms with Gasteiger partial charge in [0, 0.05) is 53.2 Å². The molecule has 170 valence electrons. The molecule has 0 N–H and O–H groups in total. The Bertz CT molecular complexity index is 1210. The van der Waals surface area contributed by atoms with Gasteiger partial charge in [-0.15, -0.1) is 11.3 Å². The van der Waals surface area contributed by atoms with E-state index in [1.54, 1.807) is 18.2 Å². The maximum atomic E-state index is 13.2. The molecule has 2 heterocycles. The van der Waals surface area contributed by atoms with E-state index in [-0.39, 0.29) is 10.6 Å². The molecule has 0 spiro atoms. The highest BCUT2D eigenvalue weighted by Gasteiger charge is 2.31. The second-order valence-corrected chi connectivity index (χ2v) is 10.7. The summed E-state index contributed by atoms with van der Waals surface area (Å²) in [5.74, 6) is 0.794. The van der Waals surface area contributed by atoms with Crippen molar-refractivity contribution in [3.63, 3.8) is 0 Å². The second-order valence-electron chi connectivity index (χ2n) is 7.08. The molecule has 0 bridgehead atoms. The third-order valence-electron chi connectivity index (χ3n) is 5.15. The second kappa shape index (κ2) is 9.44. The number of halogens is 2. The van der Waals surface area contributed by atoms with Crippen molar-refractivity contribution in [2.24, 2.45) is 0 Å². The van der Waals surface area contributed by atoms with Crippen molar-refractivity contribution in [2.45, 2.75) is 4.90 Å². The van der Waals surface area contributed by atoms with E-state index in [1.165, 1.54) is 35.9 Å². The van der Waals surface area contributed by atoms with Crippen LogP contribution in [0.2, 0.25) is 10.0 Å². The molecule has 1 aliphatic heterocycles. The number of ether oxygens (including phenoxy) is 2. The molecule has 3 aromatic rings. The molecule has 2 aromatic carbocycles. The molecule has 1 aromatic heterocycles. The minimum atomic E-state index is -3.70. The summed E-state index contributed by atoms with van der Waals surface area (Å²) in [6, 6.07) is 10.0. The molecule has 0 amide bonds. The van der Waals surface area contributed by atoms with Gasteiger partial charge in [-0.05, 0) is 30.3 Å². The van der Waals surface area contributed by atoms with Crippen LogP contribution in [0, 0.1) is 0 Å².